The number of benzene rings is 2. The summed E-state index contributed by atoms with van der Waals surface area (Å²) in [5, 5.41) is 10.6. The van der Waals surface area contributed by atoms with E-state index in [0.29, 0.717) is 0 Å². The van der Waals surface area contributed by atoms with Crippen molar-refractivity contribution in [1.82, 2.24) is 0 Å². The van der Waals surface area contributed by atoms with Crippen LogP contribution in [0, 0.1) is 0 Å². The highest BCUT2D eigenvalue weighted by molar-refractivity contribution is 7.10. The van der Waals surface area contributed by atoms with Crippen molar-refractivity contribution in [3.63, 3.8) is 0 Å². The number of hydrogen-bond acceptors (Lipinski definition) is 3. The molecular weight excluding hydrogens is 359 g/mol. The number of rotatable bonds is 3. The van der Waals surface area contributed by atoms with Crippen LogP contribution in [0.1, 0.15) is 22.9 Å². The van der Waals surface area contributed by atoms with Gasteiger partial charge in [0.1, 0.15) is 0 Å². The van der Waals surface area contributed by atoms with E-state index in [2.05, 4.69) is 22.5 Å². The van der Waals surface area contributed by atoms with Gasteiger partial charge in [0, 0.05) is 21.3 Å². The molecule has 0 N–H and O–H groups in total. The molecule has 1 aromatic heterocycles. The minimum atomic E-state index is 0.205. The number of halogens is 2. The highest BCUT2D eigenvalue weighted by Gasteiger charge is 2.30. The Balaban J connectivity index is 1.73. The molecule has 2 heterocycles. The molecule has 0 saturated heterocycles. The van der Waals surface area contributed by atoms with E-state index in [1.54, 1.807) is 11.3 Å². The Morgan fingerprint density at radius 3 is 2.21 bits per heavy atom. The van der Waals surface area contributed by atoms with E-state index in [-0.39, 0.29) is 6.04 Å². The second-order valence-electron chi connectivity index (χ2n) is 5.61. The number of anilines is 1. The number of thiophene rings is 1. The molecule has 0 bridgehead atoms. The van der Waals surface area contributed by atoms with E-state index in [9.17, 15) is 0 Å². The minimum absolute atomic E-state index is 0.205. The molecule has 0 amide bonds. The first-order chi connectivity index (χ1) is 11.7. The van der Waals surface area contributed by atoms with Crippen LogP contribution < -0.4 is 5.01 Å². The standard InChI is InChI=1S/C19H14Cl2N2S/c20-14-5-3-13(4-6-14)17-12-18(19-2-1-11-24-19)23(22-17)16-9-7-15(21)8-10-16/h1-11,18H,12H2/t18-/m1/s1. The van der Waals surface area contributed by atoms with Gasteiger partial charge >= 0.3 is 0 Å². The summed E-state index contributed by atoms with van der Waals surface area (Å²) >= 11 is 13.8. The fourth-order valence-corrected chi connectivity index (χ4v) is 3.93. The van der Waals surface area contributed by atoms with Crippen LogP contribution in [-0.4, -0.2) is 5.71 Å². The fraction of sp³-hybridized carbons (Fsp3) is 0.105. The van der Waals surface area contributed by atoms with E-state index in [1.807, 2.05) is 48.5 Å². The Morgan fingerprint density at radius 2 is 1.58 bits per heavy atom. The molecule has 2 nitrogen and oxygen atoms in total. The lowest BCUT2D eigenvalue weighted by atomic mass is 10.0. The molecule has 5 heteroatoms. The fourth-order valence-electron chi connectivity index (χ4n) is 2.86. The molecule has 0 spiro atoms. The number of hydrogen-bond donors (Lipinski definition) is 0. The topological polar surface area (TPSA) is 15.6 Å². The van der Waals surface area contributed by atoms with E-state index >= 15 is 0 Å². The zero-order valence-corrected chi connectivity index (χ0v) is 15.0. The highest BCUT2D eigenvalue weighted by atomic mass is 35.5. The molecule has 2 aromatic carbocycles. The van der Waals surface area contributed by atoms with Gasteiger partial charge in [0.2, 0.25) is 0 Å². The molecule has 0 saturated carbocycles. The van der Waals surface area contributed by atoms with Gasteiger partial charge < -0.3 is 0 Å². The quantitative estimate of drug-likeness (QED) is 0.518. The minimum Gasteiger partial charge on any atom is -0.257 e. The summed E-state index contributed by atoms with van der Waals surface area (Å²) in [5.74, 6) is 0. The van der Waals surface area contributed by atoms with Crippen LogP contribution in [-0.2, 0) is 0 Å². The van der Waals surface area contributed by atoms with Crippen molar-refractivity contribution in [1.29, 1.82) is 0 Å². The van der Waals surface area contributed by atoms with Crippen molar-refractivity contribution in [2.24, 2.45) is 5.10 Å². The average molecular weight is 373 g/mol. The smallest absolute Gasteiger partial charge is 0.0923 e. The molecule has 3 aromatic rings. The molecule has 4 rings (SSSR count). The molecular formula is C19H14Cl2N2S. The Hall–Kier alpha value is -1.81. The van der Waals surface area contributed by atoms with Crippen LogP contribution in [0.2, 0.25) is 10.0 Å². The SMILES string of the molecule is Clc1ccc(C2=NN(c3ccc(Cl)cc3)[C@@H](c3cccs3)C2)cc1. The van der Waals surface area contributed by atoms with Gasteiger partial charge in [-0.2, -0.15) is 5.10 Å². The van der Waals surface area contributed by atoms with Gasteiger partial charge in [-0.05, 0) is 53.4 Å². The summed E-state index contributed by atoms with van der Waals surface area (Å²) < 4.78 is 0. The van der Waals surface area contributed by atoms with E-state index in [0.717, 1.165) is 33.4 Å². The molecule has 120 valence electrons. The lowest BCUT2D eigenvalue weighted by Gasteiger charge is -2.22. The first-order valence-electron chi connectivity index (χ1n) is 7.62. The van der Waals surface area contributed by atoms with Crippen LogP contribution in [0.25, 0.3) is 0 Å². The van der Waals surface area contributed by atoms with Gasteiger partial charge in [0.15, 0.2) is 0 Å². The second-order valence-corrected chi connectivity index (χ2v) is 7.46. The molecule has 0 radical (unpaired) electrons. The summed E-state index contributed by atoms with van der Waals surface area (Å²) in [6.07, 6.45) is 0.866. The van der Waals surface area contributed by atoms with Crippen LogP contribution in [0.3, 0.4) is 0 Å². The zero-order valence-electron chi connectivity index (χ0n) is 12.7. The molecule has 1 aliphatic heterocycles. The van der Waals surface area contributed by atoms with Crippen LogP contribution in [0.15, 0.2) is 71.1 Å². The van der Waals surface area contributed by atoms with Gasteiger partial charge in [0.05, 0.1) is 17.4 Å². The Labute approximate surface area is 155 Å². The summed E-state index contributed by atoms with van der Waals surface area (Å²) in [6.45, 7) is 0. The van der Waals surface area contributed by atoms with Crippen molar-refractivity contribution in [3.05, 3.63) is 86.5 Å². The van der Waals surface area contributed by atoms with Crippen molar-refractivity contribution in [2.75, 3.05) is 5.01 Å². The van der Waals surface area contributed by atoms with Crippen LogP contribution >= 0.6 is 34.5 Å². The largest absolute Gasteiger partial charge is 0.257 e. The predicted molar refractivity (Wildman–Crippen MR) is 104 cm³/mol. The lowest BCUT2D eigenvalue weighted by molar-refractivity contribution is 0.722. The second kappa shape index (κ2) is 6.60. The van der Waals surface area contributed by atoms with Gasteiger partial charge in [-0.15, -0.1) is 11.3 Å². The zero-order chi connectivity index (χ0) is 16.5. The van der Waals surface area contributed by atoms with Crippen LogP contribution in [0.5, 0.6) is 0 Å². The average Bonchev–Trinajstić information content (AvgIpc) is 3.25. The normalized spacial score (nSPS) is 17.2. The van der Waals surface area contributed by atoms with E-state index < -0.39 is 0 Å². The highest BCUT2D eigenvalue weighted by Crippen LogP contribution is 2.38. The molecule has 24 heavy (non-hydrogen) atoms. The summed E-state index contributed by atoms with van der Waals surface area (Å²) in [7, 11) is 0. The Kier molecular flexibility index (Phi) is 4.31. The van der Waals surface area contributed by atoms with Crippen molar-refractivity contribution in [2.45, 2.75) is 12.5 Å². The van der Waals surface area contributed by atoms with Gasteiger partial charge in [-0.3, -0.25) is 5.01 Å². The predicted octanol–water partition coefficient (Wildman–Crippen LogP) is 6.41. The number of nitrogens with zero attached hydrogens (tertiary/aromatic N) is 2. The molecule has 1 aliphatic rings. The maximum atomic E-state index is 6.03. The Morgan fingerprint density at radius 1 is 0.917 bits per heavy atom. The third kappa shape index (κ3) is 3.07. The van der Waals surface area contributed by atoms with Crippen molar-refractivity contribution < 1.29 is 0 Å². The molecule has 0 fully saturated rings. The van der Waals surface area contributed by atoms with Crippen molar-refractivity contribution in [3.8, 4) is 0 Å². The summed E-state index contributed by atoms with van der Waals surface area (Å²) in [5.41, 5.74) is 3.22. The maximum absolute atomic E-state index is 6.03. The monoisotopic (exact) mass is 372 g/mol. The van der Waals surface area contributed by atoms with Gasteiger partial charge in [-0.25, -0.2) is 0 Å². The van der Waals surface area contributed by atoms with E-state index in [1.165, 1.54) is 4.88 Å². The number of hydrazone groups is 1. The first-order valence-corrected chi connectivity index (χ1v) is 9.26. The third-order valence-electron chi connectivity index (χ3n) is 4.05. The molecule has 0 aliphatic carbocycles. The van der Waals surface area contributed by atoms with E-state index in [4.69, 9.17) is 28.3 Å². The summed E-state index contributed by atoms with van der Waals surface area (Å²) in [4.78, 5) is 1.30. The lowest BCUT2D eigenvalue weighted by Crippen LogP contribution is -2.17. The Bertz CT molecular complexity index is 855. The molecule has 1 atom stereocenters. The van der Waals surface area contributed by atoms with Gasteiger partial charge in [-0.1, -0.05) is 41.4 Å². The summed E-state index contributed by atoms with van der Waals surface area (Å²) in [6, 6.07) is 20.1. The maximum Gasteiger partial charge on any atom is 0.0923 e. The first kappa shape index (κ1) is 15.7. The van der Waals surface area contributed by atoms with Crippen molar-refractivity contribution >= 4 is 45.9 Å². The van der Waals surface area contributed by atoms with Crippen LogP contribution in [0.4, 0.5) is 5.69 Å². The van der Waals surface area contributed by atoms with Gasteiger partial charge in [0.25, 0.3) is 0 Å². The molecule has 0 unspecified atom stereocenters. The third-order valence-corrected chi connectivity index (χ3v) is 5.53.